The number of rotatable bonds is 3. The van der Waals surface area contributed by atoms with Crippen LogP contribution in [0.2, 0.25) is 0 Å². The number of aromatic carboxylic acids is 1. The van der Waals surface area contributed by atoms with Crippen LogP contribution < -0.4 is 0 Å². The molecule has 2 heterocycles. The van der Waals surface area contributed by atoms with Gasteiger partial charge in [-0.3, -0.25) is 4.68 Å². The first-order valence-corrected chi connectivity index (χ1v) is 7.05. The van der Waals surface area contributed by atoms with Crippen molar-refractivity contribution in [3.05, 3.63) is 41.9 Å². The quantitative estimate of drug-likeness (QED) is 0.749. The molecule has 2 aromatic heterocycles. The summed E-state index contributed by atoms with van der Waals surface area (Å²) in [7, 11) is 1.84. The Morgan fingerprint density at radius 2 is 2.05 bits per heavy atom. The van der Waals surface area contributed by atoms with Crippen molar-refractivity contribution >= 4 is 28.6 Å². The molecular formula is C14H12N4O2S. The normalized spacial score (nSPS) is 11.0. The highest BCUT2D eigenvalue weighted by atomic mass is 32.2. The average Bonchev–Trinajstić information content (AvgIpc) is 2.76. The van der Waals surface area contributed by atoms with Gasteiger partial charge in [0, 0.05) is 12.4 Å². The number of nitrogens with zero attached hydrogens (tertiary/aromatic N) is 4. The van der Waals surface area contributed by atoms with Crippen LogP contribution in [0.1, 0.15) is 16.3 Å². The number of carbonyl (C=O) groups is 1. The van der Waals surface area contributed by atoms with Gasteiger partial charge >= 0.3 is 5.97 Å². The molecule has 0 atom stereocenters. The van der Waals surface area contributed by atoms with Crippen LogP contribution in [0.5, 0.6) is 0 Å². The smallest absolute Gasteiger partial charge is 0.373 e. The minimum atomic E-state index is -1.14. The van der Waals surface area contributed by atoms with Crippen molar-refractivity contribution < 1.29 is 9.90 Å². The number of para-hydroxylation sites is 1. The van der Waals surface area contributed by atoms with Crippen LogP contribution in [0.3, 0.4) is 0 Å². The molecule has 0 saturated carbocycles. The van der Waals surface area contributed by atoms with Crippen LogP contribution in [0, 0.1) is 6.92 Å². The molecule has 6 nitrogen and oxygen atoms in total. The van der Waals surface area contributed by atoms with Gasteiger partial charge in [0.15, 0.2) is 0 Å². The van der Waals surface area contributed by atoms with Crippen molar-refractivity contribution in [2.24, 2.45) is 7.05 Å². The van der Waals surface area contributed by atoms with Gasteiger partial charge in [-0.05, 0) is 30.8 Å². The van der Waals surface area contributed by atoms with E-state index in [0.29, 0.717) is 10.5 Å². The number of hydrogen-bond donors (Lipinski definition) is 1. The van der Waals surface area contributed by atoms with E-state index in [1.807, 2.05) is 38.2 Å². The molecule has 7 heteroatoms. The van der Waals surface area contributed by atoms with Crippen LogP contribution >= 0.6 is 11.8 Å². The number of hydrogen-bond acceptors (Lipinski definition) is 5. The van der Waals surface area contributed by atoms with E-state index < -0.39 is 5.97 Å². The SMILES string of the molecule is Cc1cc(Sc2nc(C(=O)O)nc3ccccc23)n(C)n1. The highest BCUT2D eigenvalue weighted by molar-refractivity contribution is 7.99. The van der Waals surface area contributed by atoms with Crippen molar-refractivity contribution in [3.63, 3.8) is 0 Å². The van der Waals surface area contributed by atoms with Gasteiger partial charge in [0.1, 0.15) is 10.1 Å². The fourth-order valence-electron chi connectivity index (χ4n) is 2.00. The Labute approximate surface area is 124 Å². The van der Waals surface area contributed by atoms with Crippen LogP contribution in [0.4, 0.5) is 0 Å². The molecule has 3 rings (SSSR count). The lowest BCUT2D eigenvalue weighted by Gasteiger charge is -2.06. The number of carboxylic acids is 1. The van der Waals surface area contributed by atoms with Crippen LogP contribution in [-0.2, 0) is 7.05 Å². The number of aryl methyl sites for hydroxylation is 2. The third-order valence-corrected chi connectivity index (χ3v) is 4.02. The van der Waals surface area contributed by atoms with Gasteiger partial charge in [0.05, 0.1) is 11.2 Å². The molecule has 0 bridgehead atoms. The van der Waals surface area contributed by atoms with E-state index >= 15 is 0 Å². The van der Waals surface area contributed by atoms with Crippen LogP contribution in [0.15, 0.2) is 40.4 Å². The third-order valence-electron chi connectivity index (χ3n) is 2.92. The van der Waals surface area contributed by atoms with Crippen molar-refractivity contribution in [1.82, 2.24) is 19.7 Å². The molecule has 1 aromatic carbocycles. The summed E-state index contributed by atoms with van der Waals surface area (Å²) in [5, 5.41) is 15.8. The van der Waals surface area contributed by atoms with Crippen LogP contribution in [0.25, 0.3) is 10.9 Å². The summed E-state index contributed by atoms with van der Waals surface area (Å²) < 4.78 is 1.75. The van der Waals surface area contributed by atoms with Crippen molar-refractivity contribution in [2.75, 3.05) is 0 Å². The molecule has 0 radical (unpaired) electrons. The van der Waals surface area contributed by atoms with Crippen molar-refractivity contribution in [2.45, 2.75) is 17.0 Å². The van der Waals surface area contributed by atoms with E-state index in [1.54, 1.807) is 10.7 Å². The van der Waals surface area contributed by atoms with E-state index in [9.17, 15) is 4.79 Å². The summed E-state index contributed by atoms with van der Waals surface area (Å²) in [6.07, 6.45) is 0. The maximum atomic E-state index is 11.2. The Kier molecular flexibility index (Phi) is 3.34. The molecule has 106 valence electrons. The Morgan fingerprint density at radius 1 is 1.29 bits per heavy atom. The molecule has 0 aliphatic carbocycles. The lowest BCUT2D eigenvalue weighted by Crippen LogP contribution is -2.05. The molecule has 0 saturated heterocycles. The van der Waals surface area contributed by atoms with Gasteiger partial charge in [-0.2, -0.15) is 5.10 Å². The first kappa shape index (κ1) is 13.6. The van der Waals surface area contributed by atoms with Gasteiger partial charge < -0.3 is 5.11 Å². The molecule has 1 N–H and O–H groups in total. The Hall–Kier alpha value is -2.41. The molecule has 0 spiro atoms. The number of aromatic nitrogens is 4. The first-order chi connectivity index (χ1) is 10.0. The fourth-order valence-corrected chi connectivity index (χ4v) is 3.02. The van der Waals surface area contributed by atoms with Crippen LogP contribution in [-0.4, -0.2) is 30.8 Å². The van der Waals surface area contributed by atoms with Gasteiger partial charge in [-0.1, -0.05) is 18.2 Å². The monoisotopic (exact) mass is 300 g/mol. The predicted molar refractivity (Wildman–Crippen MR) is 78.6 cm³/mol. The molecule has 0 unspecified atom stereocenters. The second-order valence-corrected chi connectivity index (χ2v) is 5.53. The maximum absolute atomic E-state index is 11.2. The van der Waals surface area contributed by atoms with E-state index in [1.165, 1.54) is 11.8 Å². The highest BCUT2D eigenvalue weighted by Crippen LogP contribution is 2.31. The molecule has 21 heavy (non-hydrogen) atoms. The largest absolute Gasteiger partial charge is 0.475 e. The summed E-state index contributed by atoms with van der Waals surface area (Å²) in [5.41, 5.74) is 1.52. The molecule has 0 aliphatic rings. The van der Waals surface area contributed by atoms with Gasteiger partial charge in [0.2, 0.25) is 5.82 Å². The van der Waals surface area contributed by atoms with E-state index in [0.717, 1.165) is 16.1 Å². The minimum absolute atomic E-state index is 0.199. The topological polar surface area (TPSA) is 80.9 Å². The Bertz CT molecular complexity index is 844. The Morgan fingerprint density at radius 3 is 2.71 bits per heavy atom. The standard InChI is InChI=1S/C14H12N4O2S/c1-8-7-11(18(2)17-8)21-13-9-5-3-4-6-10(9)15-12(16-13)14(19)20/h3-7H,1-2H3,(H,19,20). The Balaban J connectivity index is 2.16. The summed E-state index contributed by atoms with van der Waals surface area (Å²) in [6, 6.07) is 9.30. The number of carboxylic acid groups (broad SMARTS) is 1. The predicted octanol–water partition coefficient (Wildman–Crippen LogP) is 2.52. The van der Waals surface area contributed by atoms with Gasteiger partial charge in [-0.25, -0.2) is 14.8 Å². The fraction of sp³-hybridized carbons (Fsp3) is 0.143. The summed E-state index contributed by atoms with van der Waals surface area (Å²) >= 11 is 1.38. The lowest BCUT2D eigenvalue weighted by molar-refractivity contribution is 0.0683. The second-order valence-electron chi connectivity index (χ2n) is 4.52. The first-order valence-electron chi connectivity index (χ1n) is 6.23. The van der Waals surface area contributed by atoms with E-state index in [2.05, 4.69) is 15.1 Å². The molecule has 0 amide bonds. The highest BCUT2D eigenvalue weighted by Gasteiger charge is 2.15. The van der Waals surface area contributed by atoms with Crippen molar-refractivity contribution in [3.8, 4) is 0 Å². The summed E-state index contributed by atoms with van der Waals surface area (Å²) in [4.78, 5) is 19.4. The van der Waals surface area contributed by atoms with E-state index in [-0.39, 0.29) is 5.82 Å². The zero-order valence-electron chi connectivity index (χ0n) is 11.4. The van der Waals surface area contributed by atoms with Gasteiger partial charge in [-0.15, -0.1) is 0 Å². The zero-order valence-corrected chi connectivity index (χ0v) is 12.3. The van der Waals surface area contributed by atoms with Gasteiger partial charge in [0.25, 0.3) is 0 Å². The zero-order chi connectivity index (χ0) is 15.0. The molecule has 0 fully saturated rings. The molecular weight excluding hydrogens is 288 g/mol. The second kappa shape index (κ2) is 5.17. The number of benzene rings is 1. The molecule has 3 aromatic rings. The lowest BCUT2D eigenvalue weighted by atomic mass is 10.2. The summed E-state index contributed by atoms with van der Waals surface area (Å²) in [5.74, 6) is -1.33. The number of fused-ring (bicyclic) bond motifs is 1. The van der Waals surface area contributed by atoms with Crippen molar-refractivity contribution in [1.29, 1.82) is 0 Å². The summed E-state index contributed by atoms with van der Waals surface area (Å²) in [6.45, 7) is 1.91. The van der Waals surface area contributed by atoms with E-state index in [4.69, 9.17) is 5.11 Å². The maximum Gasteiger partial charge on any atom is 0.373 e. The molecule has 0 aliphatic heterocycles. The minimum Gasteiger partial charge on any atom is -0.475 e. The third kappa shape index (κ3) is 2.59. The average molecular weight is 300 g/mol.